The first-order valence-electron chi connectivity index (χ1n) is 8.42. The van der Waals surface area contributed by atoms with Crippen molar-refractivity contribution in [1.82, 2.24) is 5.32 Å². The average Bonchev–Trinajstić information content (AvgIpc) is 2.66. The molecule has 0 saturated carbocycles. The van der Waals surface area contributed by atoms with Crippen LogP contribution in [0.1, 0.15) is 34.8 Å². The van der Waals surface area contributed by atoms with Crippen LogP contribution < -0.4 is 14.8 Å². The lowest BCUT2D eigenvalue weighted by atomic mass is 10.1. The van der Waals surface area contributed by atoms with Crippen molar-refractivity contribution in [3.8, 4) is 11.5 Å². The Morgan fingerprint density at radius 2 is 1.73 bits per heavy atom. The summed E-state index contributed by atoms with van der Waals surface area (Å²) in [6.45, 7) is 2.86. The third-order valence-electron chi connectivity index (χ3n) is 3.86. The number of aromatic carboxylic acids is 1. The Labute approximate surface area is 152 Å². The maximum atomic E-state index is 12.0. The number of aryl methyl sites for hydroxylation is 1. The maximum absolute atomic E-state index is 12.0. The van der Waals surface area contributed by atoms with Crippen LogP contribution in [0.2, 0.25) is 0 Å². The van der Waals surface area contributed by atoms with E-state index in [9.17, 15) is 9.59 Å². The smallest absolute Gasteiger partial charge is 0.335 e. The summed E-state index contributed by atoms with van der Waals surface area (Å²) in [5, 5.41) is 11.7. The zero-order valence-electron chi connectivity index (χ0n) is 15.0. The molecule has 2 N–H and O–H groups in total. The fraction of sp³-hybridized carbons (Fsp3) is 0.300. The Bertz CT molecular complexity index is 755. The molecule has 6 nitrogen and oxygen atoms in total. The number of hydrogen-bond acceptors (Lipinski definition) is 4. The molecule has 0 saturated heterocycles. The van der Waals surface area contributed by atoms with Gasteiger partial charge in [-0.05, 0) is 48.7 Å². The number of carboxylic acid groups (broad SMARTS) is 1. The molecule has 0 fully saturated rings. The third kappa shape index (κ3) is 5.51. The largest absolute Gasteiger partial charge is 0.493 e. The number of ether oxygens (including phenoxy) is 2. The van der Waals surface area contributed by atoms with Crippen LogP contribution in [0.5, 0.6) is 11.5 Å². The standard InChI is InChI=1S/C20H23NO5/c1-3-26-17-10-6-15(12-18(17)25-2)13-21-19(22)11-7-14-4-8-16(9-5-14)20(23)24/h4-6,8-10,12H,3,7,11,13H2,1-2H3,(H,21,22)(H,23,24). The van der Waals surface area contributed by atoms with Crippen LogP contribution in [0.4, 0.5) is 0 Å². The second-order valence-corrected chi connectivity index (χ2v) is 5.70. The monoisotopic (exact) mass is 357 g/mol. The number of methoxy groups -OCH3 is 1. The molecular formula is C20H23NO5. The normalized spacial score (nSPS) is 10.2. The van der Waals surface area contributed by atoms with E-state index in [1.54, 1.807) is 31.4 Å². The number of hydrogen-bond donors (Lipinski definition) is 2. The zero-order chi connectivity index (χ0) is 18.9. The number of amides is 1. The Kier molecular flexibility index (Phi) is 7.02. The van der Waals surface area contributed by atoms with E-state index in [0.29, 0.717) is 37.5 Å². The van der Waals surface area contributed by atoms with Gasteiger partial charge in [-0.1, -0.05) is 18.2 Å². The SMILES string of the molecule is CCOc1ccc(CNC(=O)CCc2ccc(C(=O)O)cc2)cc1OC. The van der Waals surface area contributed by atoms with Crippen molar-refractivity contribution in [2.45, 2.75) is 26.3 Å². The fourth-order valence-electron chi connectivity index (χ4n) is 2.46. The van der Waals surface area contributed by atoms with Crippen LogP contribution in [-0.2, 0) is 17.8 Å². The molecule has 0 aliphatic carbocycles. The molecule has 138 valence electrons. The van der Waals surface area contributed by atoms with E-state index in [-0.39, 0.29) is 11.5 Å². The van der Waals surface area contributed by atoms with Gasteiger partial charge in [0.1, 0.15) is 0 Å². The molecule has 0 aromatic heterocycles. The highest BCUT2D eigenvalue weighted by atomic mass is 16.5. The first kappa shape index (κ1) is 19.3. The summed E-state index contributed by atoms with van der Waals surface area (Å²) in [5.41, 5.74) is 2.08. The van der Waals surface area contributed by atoms with Gasteiger partial charge >= 0.3 is 5.97 Å². The molecule has 0 unspecified atom stereocenters. The highest BCUT2D eigenvalue weighted by molar-refractivity contribution is 5.87. The highest BCUT2D eigenvalue weighted by Crippen LogP contribution is 2.27. The van der Waals surface area contributed by atoms with Crippen LogP contribution >= 0.6 is 0 Å². The van der Waals surface area contributed by atoms with E-state index in [0.717, 1.165) is 11.1 Å². The van der Waals surface area contributed by atoms with Crippen molar-refractivity contribution in [3.05, 3.63) is 59.2 Å². The van der Waals surface area contributed by atoms with E-state index in [4.69, 9.17) is 14.6 Å². The summed E-state index contributed by atoms with van der Waals surface area (Å²) in [6.07, 6.45) is 0.888. The zero-order valence-corrected chi connectivity index (χ0v) is 15.0. The lowest BCUT2D eigenvalue weighted by Gasteiger charge is -2.11. The van der Waals surface area contributed by atoms with Crippen LogP contribution in [0.3, 0.4) is 0 Å². The van der Waals surface area contributed by atoms with Crippen molar-refractivity contribution in [3.63, 3.8) is 0 Å². The fourth-order valence-corrected chi connectivity index (χ4v) is 2.46. The molecule has 1 amide bonds. The van der Waals surface area contributed by atoms with Gasteiger partial charge in [0.2, 0.25) is 5.91 Å². The molecule has 0 spiro atoms. The molecule has 2 aromatic carbocycles. The molecule has 26 heavy (non-hydrogen) atoms. The van der Waals surface area contributed by atoms with Crippen molar-refractivity contribution >= 4 is 11.9 Å². The molecule has 0 bridgehead atoms. The van der Waals surface area contributed by atoms with E-state index >= 15 is 0 Å². The minimum Gasteiger partial charge on any atom is -0.493 e. The number of carbonyl (C=O) groups excluding carboxylic acids is 1. The van der Waals surface area contributed by atoms with Crippen LogP contribution in [-0.4, -0.2) is 30.7 Å². The minimum absolute atomic E-state index is 0.0693. The number of carboxylic acids is 1. The van der Waals surface area contributed by atoms with E-state index < -0.39 is 5.97 Å². The van der Waals surface area contributed by atoms with E-state index in [1.165, 1.54) is 0 Å². The summed E-state index contributed by atoms with van der Waals surface area (Å²) in [5.74, 6) is 0.284. The van der Waals surface area contributed by atoms with Gasteiger partial charge in [0.05, 0.1) is 19.3 Å². The van der Waals surface area contributed by atoms with Crippen LogP contribution in [0, 0.1) is 0 Å². The summed E-state index contributed by atoms with van der Waals surface area (Å²) in [7, 11) is 1.58. The van der Waals surface area contributed by atoms with Crippen molar-refractivity contribution in [1.29, 1.82) is 0 Å². The molecule has 6 heteroatoms. The van der Waals surface area contributed by atoms with Crippen LogP contribution in [0.25, 0.3) is 0 Å². The van der Waals surface area contributed by atoms with Gasteiger partial charge < -0.3 is 19.9 Å². The molecule has 0 aliphatic heterocycles. The summed E-state index contributed by atoms with van der Waals surface area (Å²) in [4.78, 5) is 22.8. The Morgan fingerprint density at radius 1 is 1.04 bits per heavy atom. The number of nitrogens with one attached hydrogen (secondary N) is 1. The third-order valence-corrected chi connectivity index (χ3v) is 3.86. The quantitative estimate of drug-likeness (QED) is 0.720. The molecule has 0 radical (unpaired) electrons. The molecular weight excluding hydrogens is 334 g/mol. The summed E-state index contributed by atoms with van der Waals surface area (Å²) in [6, 6.07) is 12.1. The van der Waals surface area contributed by atoms with Gasteiger partial charge in [-0.3, -0.25) is 4.79 Å². The summed E-state index contributed by atoms with van der Waals surface area (Å²) < 4.78 is 10.8. The van der Waals surface area contributed by atoms with Gasteiger partial charge in [-0.15, -0.1) is 0 Å². The predicted molar refractivity (Wildman–Crippen MR) is 97.7 cm³/mol. The Morgan fingerprint density at radius 3 is 2.35 bits per heavy atom. The second-order valence-electron chi connectivity index (χ2n) is 5.70. The van der Waals surface area contributed by atoms with Gasteiger partial charge in [0.25, 0.3) is 0 Å². The van der Waals surface area contributed by atoms with Crippen molar-refractivity contribution in [2.24, 2.45) is 0 Å². The summed E-state index contributed by atoms with van der Waals surface area (Å²) >= 11 is 0. The van der Waals surface area contributed by atoms with Gasteiger partial charge in [-0.25, -0.2) is 4.79 Å². The van der Waals surface area contributed by atoms with E-state index in [2.05, 4.69) is 5.32 Å². The first-order valence-corrected chi connectivity index (χ1v) is 8.42. The Hall–Kier alpha value is -3.02. The topological polar surface area (TPSA) is 84.9 Å². The number of carbonyl (C=O) groups is 2. The first-order chi connectivity index (χ1) is 12.5. The number of benzene rings is 2. The predicted octanol–water partition coefficient (Wildman–Crippen LogP) is 3.04. The second kappa shape index (κ2) is 9.46. The molecule has 2 aromatic rings. The minimum atomic E-state index is -0.958. The van der Waals surface area contributed by atoms with Crippen LogP contribution in [0.15, 0.2) is 42.5 Å². The van der Waals surface area contributed by atoms with Crippen molar-refractivity contribution in [2.75, 3.05) is 13.7 Å². The van der Waals surface area contributed by atoms with Gasteiger partial charge in [0.15, 0.2) is 11.5 Å². The molecule has 0 atom stereocenters. The van der Waals surface area contributed by atoms with Gasteiger partial charge in [0, 0.05) is 13.0 Å². The lowest BCUT2D eigenvalue weighted by molar-refractivity contribution is -0.121. The number of rotatable bonds is 9. The average molecular weight is 357 g/mol. The van der Waals surface area contributed by atoms with E-state index in [1.807, 2.05) is 25.1 Å². The van der Waals surface area contributed by atoms with Gasteiger partial charge in [-0.2, -0.15) is 0 Å². The molecule has 0 heterocycles. The maximum Gasteiger partial charge on any atom is 0.335 e. The molecule has 0 aliphatic rings. The Balaban J connectivity index is 1.83. The highest BCUT2D eigenvalue weighted by Gasteiger charge is 2.08. The molecule has 2 rings (SSSR count). The van der Waals surface area contributed by atoms with Crippen molar-refractivity contribution < 1.29 is 24.2 Å². The lowest BCUT2D eigenvalue weighted by Crippen LogP contribution is -2.23.